The van der Waals surface area contributed by atoms with Gasteiger partial charge in [0, 0.05) is 18.8 Å². The van der Waals surface area contributed by atoms with Crippen molar-refractivity contribution in [1.82, 2.24) is 19.7 Å². The molecule has 1 fully saturated rings. The van der Waals surface area contributed by atoms with Crippen LogP contribution in [0.15, 0.2) is 18.5 Å². The molecule has 128 valence electrons. The first-order chi connectivity index (χ1) is 11.7. The maximum atomic E-state index is 9.62. The first-order valence-electron chi connectivity index (χ1n) is 8.80. The molecule has 0 amide bonds. The van der Waals surface area contributed by atoms with Crippen LogP contribution in [-0.4, -0.2) is 43.5 Å². The number of nitrogens with one attached hydrogen (secondary N) is 2. The Morgan fingerprint density at radius 2 is 2.08 bits per heavy atom. The van der Waals surface area contributed by atoms with Gasteiger partial charge in [0.25, 0.3) is 0 Å². The molecule has 4 rings (SSSR count). The molecule has 24 heavy (non-hydrogen) atoms. The zero-order valence-corrected chi connectivity index (χ0v) is 13.9. The Balaban J connectivity index is 1.55. The highest BCUT2D eigenvalue weighted by atomic mass is 16.3. The molecule has 3 N–H and O–H groups in total. The van der Waals surface area contributed by atoms with E-state index >= 15 is 0 Å². The number of nitrogens with zero attached hydrogens (tertiary/aromatic N) is 4. The van der Waals surface area contributed by atoms with Crippen LogP contribution in [0, 0.1) is 0 Å². The van der Waals surface area contributed by atoms with Crippen LogP contribution in [0.3, 0.4) is 0 Å². The van der Waals surface area contributed by atoms with Gasteiger partial charge in [-0.1, -0.05) is 0 Å². The Bertz CT molecular complexity index is 707. The van der Waals surface area contributed by atoms with E-state index < -0.39 is 0 Å². The second-order valence-corrected chi connectivity index (χ2v) is 6.83. The minimum atomic E-state index is -0.151. The maximum Gasteiger partial charge on any atom is 0.223 e. The predicted octanol–water partition coefficient (Wildman–Crippen LogP) is 2.43. The Morgan fingerprint density at radius 3 is 2.92 bits per heavy atom. The second kappa shape index (κ2) is 6.39. The van der Waals surface area contributed by atoms with E-state index in [0.717, 1.165) is 55.7 Å². The smallest absolute Gasteiger partial charge is 0.223 e. The van der Waals surface area contributed by atoms with Gasteiger partial charge < -0.3 is 15.7 Å². The molecule has 3 heterocycles. The number of rotatable bonds is 3. The second-order valence-electron chi connectivity index (χ2n) is 6.83. The van der Waals surface area contributed by atoms with Crippen LogP contribution in [0.25, 0.3) is 11.3 Å². The standard InChI is InChI=1S/C17H24N6O/c1-11-6-8-18-16-14(10-20-23(11)16)15-7-9-19-17(22-15)21-12-2-4-13(24)5-3-12/h7,9-13,18,24H,2-6,8H2,1H3,(H,19,21,22). The predicted molar refractivity (Wildman–Crippen MR) is 93.0 cm³/mol. The van der Waals surface area contributed by atoms with Gasteiger partial charge in [-0.05, 0) is 45.1 Å². The van der Waals surface area contributed by atoms with Gasteiger partial charge >= 0.3 is 0 Å². The summed E-state index contributed by atoms with van der Waals surface area (Å²) >= 11 is 0. The van der Waals surface area contributed by atoms with Crippen LogP contribution in [-0.2, 0) is 0 Å². The van der Waals surface area contributed by atoms with Gasteiger partial charge in [0.05, 0.1) is 29.6 Å². The minimum absolute atomic E-state index is 0.151. The van der Waals surface area contributed by atoms with Crippen LogP contribution in [0.4, 0.5) is 11.8 Å². The molecule has 0 aromatic carbocycles. The van der Waals surface area contributed by atoms with Crippen LogP contribution < -0.4 is 10.6 Å². The highest BCUT2D eigenvalue weighted by Crippen LogP contribution is 2.32. The molecule has 7 nitrogen and oxygen atoms in total. The summed E-state index contributed by atoms with van der Waals surface area (Å²) in [5, 5.41) is 21.0. The number of fused-ring (bicyclic) bond motifs is 1. The Morgan fingerprint density at radius 1 is 1.25 bits per heavy atom. The Hall–Kier alpha value is -2.15. The van der Waals surface area contributed by atoms with Gasteiger partial charge in [0.15, 0.2) is 0 Å². The fraction of sp³-hybridized carbons (Fsp3) is 0.588. The van der Waals surface area contributed by atoms with Gasteiger partial charge in [0.1, 0.15) is 5.82 Å². The third-order valence-electron chi connectivity index (χ3n) is 5.03. The van der Waals surface area contributed by atoms with Gasteiger partial charge in [-0.15, -0.1) is 0 Å². The first kappa shape index (κ1) is 15.4. The summed E-state index contributed by atoms with van der Waals surface area (Å²) in [7, 11) is 0. The van der Waals surface area contributed by atoms with E-state index in [2.05, 4.69) is 32.6 Å². The molecule has 2 aromatic heterocycles. The van der Waals surface area contributed by atoms with Gasteiger partial charge in [-0.2, -0.15) is 5.10 Å². The molecule has 0 spiro atoms. The lowest BCUT2D eigenvalue weighted by atomic mass is 9.93. The van der Waals surface area contributed by atoms with Crippen molar-refractivity contribution in [3.63, 3.8) is 0 Å². The normalized spacial score (nSPS) is 26.5. The lowest BCUT2D eigenvalue weighted by molar-refractivity contribution is 0.126. The van der Waals surface area contributed by atoms with E-state index in [4.69, 9.17) is 0 Å². The molecule has 0 saturated heterocycles. The molecule has 2 aromatic rings. The lowest BCUT2D eigenvalue weighted by Gasteiger charge is -2.26. The molecule has 1 unspecified atom stereocenters. The zero-order chi connectivity index (χ0) is 16.5. The van der Waals surface area contributed by atoms with Crippen molar-refractivity contribution in [3.05, 3.63) is 18.5 Å². The fourth-order valence-electron chi connectivity index (χ4n) is 3.56. The van der Waals surface area contributed by atoms with Crippen molar-refractivity contribution in [2.45, 2.75) is 57.2 Å². The highest BCUT2D eigenvalue weighted by Gasteiger charge is 2.22. The molecule has 0 bridgehead atoms. The van der Waals surface area contributed by atoms with Crippen LogP contribution in [0.2, 0.25) is 0 Å². The summed E-state index contributed by atoms with van der Waals surface area (Å²) < 4.78 is 2.04. The van der Waals surface area contributed by atoms with Crippen LogP contribution in [0.1, 0.15) is 45.1 Å². The number of aliphatic hydroxyl groups excluding tert-OH is 1. The fourth-order valence-corrected chi connectivity index (χ4v) is 3.56. The Kier molecular flexibility index (Phi) is 4.10. The summed E-state index contributed by atoms with van der Waals surface area (Å²) in [6, 6.07) is 2.67. The van der Waals surface area contributed by atoms with E-state index in [1.807, 2.05) is 16.9 Å². The SMILES string of the molecule is CC1CCNc2c(-c3ccnc(NC4CCC(O)CC4)n3)cnn21. The van der Waals surface area contributed by atoms with Gasteiger partial charge in [-0.3, -0.25) is 0 Å². The van der Waals surface area contributed by atoms with Crippen molar-refractivity contribution in [2.24, 2.45) is 0 Å². The molecule has 1 aliphatic carbocycles. The van der Waals surface area contributed by atoms with Gasteiger partial charge in [-0.25, -0.2) is 14.6 Å². The van der Waals surface area contributed by atoms with Crippen molar-refractivity contribution in [2.75, 3.05) is 17.2 Å². The minimum Gasteiger partial charge on any atom is -0.393 e. The molecule has 7 heteroatoms. The highest BCUT2D eigenvalue weighted by molar-refractivity contribution is 5.73. The van der Waals surface area contributed by atoms with E-state index in [0.29, 0.717) is 18.0 Å². The average Bonchev–Trinajstić information content (AvgIpc) is 3.03. The van der Waals surface area contributed by atoms with E-state index in [1.165, 1.54) is 0 Å². The van der Waals surface area contributed by atoms with E-state index in [-0.39, 0.29) is 6.10 Å². The molecule has 1 aliphatic heterocycles. The van der Waals surface area contributed by atoms with Gasteiger partial charge in [0.2, 0.25) is 5.95 Å². The zero-order valence-electron chi connectivity index (χ0n) is 13.9. The third kappa shape index (κ3) is 2.96. The summed E-state index contributed by atoms with van der Waals surface area (Å²) in [6.45, 7) is 3.14. The molecule has 2 aliphatic rings. The maximum absolute atomic E-state index is 9.62. The number of aromatic nitrogens is 4. The summed E-state index contributed by atoms with van der Waals surface area (Å²) in [4.78, 5) is 9.04. The Labute approximate surface area is 141 Å². The molecule has 0 radical (unpaired) electrons. The summed E-state index contributed by atoms with van der Waals surface area (Å²) in [5.74, 6) is 1.69. The first-order valence-corrected chi connectivity index (χ1v) is 8.80. The summed E-state index contributed by atoms with van der Waals surface area (Å²) in [6.07, 6.45) is 8.20. The van der Waals surface area contributed by atoms with E-state index in [1.54, 1.807) is 6.20 Å². The van der Waals surface area contributed by atoms with E-state index in [9.17, 15) is 5.11 Å². The van der Waals surface area contributed by atoms with Crippen molar-refractivity contribution in [3.8, 4) is 11.3 Å². The van der Waals surface area contributed by atoms with Crippen LogP contribution in [0.5, 0.6) is 0 Å². The number of hydrogen-bond donors (Lipinski definition) is 3. The number of anilines is 2. The molecular formula is C17H24N6O. The third-order valence-corrected chi connectivity index (χ3v) is 5.03. The quantitative estimate of drug-likeness (QED) is 0.802. The number of aliphatic hydroxyl groups is 1. The molecule has 1 atom stereocenters. The average molecular weight is 328 g/mol. The van der Waals surface area contributed by atoms with Crippen molar-refractivity contribution < 1.29 is 5.11 Å². The largest absolute Gasteiger partial charge is 0.393 e. The topological polar surface area (TPSA) is 87.9 Å². The van der Waals surface area contributed by atoms with Crippen LogP contribution >= 0.6 is 0 Å². The molecular weight excluding hydrogens is 304 g/mol. The summed E-state index contributed by atoms with van der Waals surface area (Å²) in [5.41, 5.74) is 1.90. The molecule has 1 saturated carbocycles. The van der Waals surface area contributed by atoms with Crippen molar-refractivity contribution >= 4 is 11.8 Å². The lowest BCUT2D eigenvalue weighted by Crippen LogP contribution is -2.28. The monoisotopic (exact) mass is 328 g/mol. The van der Waals surface area contributed by atoms with Crippen molar-refractivity contribution in [1.29, 1.82) is 0 Å². The number of hydrogen-bond acceptors (Lipinski definition) is 6.